The monoisotopic (exact) mass is 433 g/mol. The van der Waals surface area contributed by atoms with Gasteiger partial charge in [0.25, 0.3) is 5.91 Å². The summed E-state index contributed by atoms with van der Waals surface area (Å²) in [6, 6.07) is 32.5. The van der Waals surface area contributed by atoms with E-state index in [0.29, 0.717) is 5.56 Å². The molecule has 4 aromatic carbocycles. The van der Waals surface area contributed by atoms with Crippen LogP contribution in [0.3, 0.4) is 0 Å². The SMILES string of the molecule is Cc1ccc(C(=O)N/N=C/c2ccc(N(c3ccc(C)cc3)c3ccc(C)cc3)cc2)cc1. The normalized spacial score (nSPS) is 10.9. The molecule has 0 spiro atoms. The van der Waals surface area contributed by atoms with Gasteiger partial charge in [0.2, 0.25) is 0 Å². The van der Waals surface area contributed by atoms with E-state index in [1.165, 1.54) is 11.1 Å². The third kappa shape index (κ3) is 5.55. The summed E-state index contributed by atoms with van der Waals surface area (Å²) in [5, 5.41) is 4.11. The van der Waals surface area contributed by atoms with Crippen LogP contribution in [0.2, 0.25) is 0 Å². The predicted molar refractivity (Wildman–Crippen MR) is 137 cm³/mol. The van der Waals surface area contributed by atoms with Gasteiger partial charge in [0, 0.05) is 22.6 Å². The maximum Gasteiger partial charge on any atom is 0.271 e. The molecule has 0 atom stereocenters. The van der Waals surface area contributed by atoms with Crippen molar-refractivity contribution in [3.63, 3.8) is 0 Å². The van der Waals surface area contributed by atoms with Gasteiger partial charge in [-0.15, -0.1) is 0 Å². The third-order valence-corrected chi connectivity index (χ3v) is 5.43. The van der Waals surface area contributed by atoms with Gasteiger partial charge in [0.1, 0.15) is 0 Å². The highest BCUT2D eigenvalue weighted by molar-refractivity contribution is 5.95. The fourth-order valence-corrected chi connectivity index (χ4v) is 3.48. The van der Waals surface area contributed by atoms with E-state index >= 15 is 0 Å². The number of carbonyl (C=O) groups excluding carboxylic acids is 1. The lowest BCUT2D eigenvalue weighted by Crippen LogP contribution is -2.17. The topological polar surface area (TPSA) is 44.7 Å². The smallest absolute Gasteiger partial charge is 0.271 e. The molecule has 1 amide bonds. The zero-order chi connectivity index (χ0) is 23.2. The first-order valence-corrected chi connectivity index (χ1v) is 10.9. The Kier molecular flexibility index (Phi) is 6.65. The van der Waals surface area contributed by atoms with Crippen molar-refractivity contribution >= 4 is 29.2 Å². The first kappa shape index (κ1) is 22.0. The van der Waals surface area contributed by atoms with Gasteiger partial charge < -0.3 is 4.90 Å². The Hall–Kier alpha value is -4.18. The van der Waals surface area contributed by atoms with Gasteiger partial charge in [-0.2, -0.15) is 5.10 Å². The van der Waals surface area contributed by atoms with Gasteiger partial charge >= 0.3 is 0 Å². The summed E-state index contributed by atoms with van der Waals surface area (Å²) in [6.07, 6.45) is 1.65. The number of hydrogen-bond acceptors (Lipinski definition) is 3. The Morgan fingerprint density at radius 2 is 1.03 bits per heavy atom. The molecule has 33 heavy (non-hydrogen) atoms. The third-order valence-electron chi connectivity index (χ3n) is 5.43. The minimum Gasteiger partial charge on any atom is -0.311 e. The lowest BCUT2D eigenvalue weighted by Gasteiger charge is -2.25. The summed E-state index contributed by atoms with van der Waals surface area (Å²) >= 11 is 0. The highest BCUT2D eigenvalue weighted by Gasteiger charge is 2.12. The average molecular weight is 434 g/mol. The molecule has 0 fully saturated rings. The van der Waals surface area contributed by atoms with Crippen molar-refractivity contribution in [2.45, 2.75) is 20.8 Å². The van der Waals surface area contributed by atoms with Crippen molar-refractivity contribution in [3.05, 3.63) is 125 Å². The van der Waals surface area contributed by atoms with Crippen molar-refractivity contribution in [1.82, 2.24) is 5.43 Å². The van der Waals surface area contributed by atoms with Crippen LogP contribution in [0.4, 0.5) is 17.1 Å². The number of nitrogens with zero attached hydrogens (tertiary/aromatic N) is 2. The van der Waals surface area contributed by atoms with Gasteiger partial charge in [0.05, 0.1) is 6.21 Å². The lowest BCUT2D eigenvalue weighted by atomic mass is 10.1. The molecule has 4 nitrogen and oxygen atoms in total. The van der Waals surface area contributed by atoms with Crippen LogP contribution in [-0.4, -0.2) is 12.1 Å². The number of amides is 1. The van der Waals surface area contributed by atoms with Crippen molar-refractivity contribution < 1.29 is 4.79 Å². The molecule has 0 bridgehead atoms. The number of carbonyl (C=O) groups is 1. The predicted octanol–water partition coefficient (Wildman–Crippen LogP) is 6.85. The van der Waals surface area contributed by atoms with Crippen LogP contribution in [0.1, 0.15) is 32.6 Å². The zero-order valence-electron chi connectivity index (χ0n) is 19.1. The second kappa shape index (κ2) is 9.96. The first-order chi connectivity index (χ1) is 16.0. The van der Waals surface area contributed by atoms with E-state index in [2.05, 4.69) is 89.9 Å². The molecule has 4 aromatic rings. The standard InChI is InChI=1S/C29H27N3O/c1-21-4-12-25(13-5-21)29(33)31-30-20-24-10-18-28(19-11-24)32(26-14-6-22(2)7-15-26)27-16-8-23(3)9-17-27/h4-20H,1-3H3,(H,31,33)/b30-20+. The van der Waals surface area contributed by atoms with Crippen molar-refractivity contribution in [3.8, 4) is 0 Å². The molecular weight excluding hydrogens is 406 g/mol. The van der Waals surface area contributed by atoms with E-state index in [1.54, 1.807) is 18.3 Å². The summed E-state index contributed by atoms with van der Waals surface area (Å²) in [6.45, 7) is 6.17. The largest absolute Gasteiger partial charge is 0.311 e. The summed E-state index contributed by atoms with van der Waals surface area (Å²) in [7, 11) is 0. The van der Waals surface area contributed by atoms with Crippen LogP contribution in [0.15, 0.2) is 102 Å². The number of hydrogen-bond donors (Lipinski definition) is 1. The Morgan fingerprint density at radius 1 is 0.636 bits per heavy atom. The molecule has 0 aliphatic heterocycles. The number of rotatable bonds is 6. The Balaban J connectivity index is 1.53. The van der Waals surface area contributed by atoms with Crippen LogP contribution in [0.5, 0.6) is 0 Å². The molecule has 0 radical (unpaired) electrons. The summed E-state index contributed by atoms with van der Waals surface area (Å²) in [4.78, 5) is 14.4. The van der Waals surface area contributed by atoms with E-state index in [-0.39, 0.29) is 5.91 Å². The van der Waals surface area contributed by atoms with Crippen LogP contribution in [0, 0.1) is 20.8 Å². The highest BCUT2D eigenvalue weighted by Crippen LogP contribution is 2.34. The molecule has 4 rings (SSSR count). The Labute approximate surface area is 195 Å². The van der Waals surface area contributed by atoms with Crippen LogP contribution in [0.25, 0.3) is 0 Å². The maximum absolute atomic E-state index is 12.2. The first-order valence-electron chi connectivity index (χ1n) is 10.9. The van der Waals surface area contributed by atoms with Crippen LogP contribution < -0.4 is 10.3 Å². The van der Waals surface area contributed by atoms with E-state index < -0.39 is 0 Å². The van der Waals surface area contributed by atoms with Crippen molar-refractivity contribution in [1.29, 1.82) is 0 Å². The molecule has 0 saturated heterocycles. The van der Waals surface area contributed by atoms with Gasteiger partial charge in [-0.1, -0.05) is 65.2 Å². The fraction of sp³-hybridized carbons (Fsp3) is 0.103. The number of anilines is 3. The lowest BCUT2D eigenvalue weighted by molar-refractivity contribution is 0.0955. The molecule has 1 N–H and O–H groups in total. The van der Waals surface area contributed by atoms with Gasteiger partial charge in [0.15, 0.2) is 0 Å². The second-order valence-corrected chi connectivity index (χ2v) is 8.16. The Bertz CT molecular complexity index is 1200. The maximum atomic E-state index is 12.2. The van der Waals surface area contributed by atoms with Gasteiger partial charge in [-0.25, -0.2) is 5.43 Å². The molecule has 0 unspecified atom stereocenters. The Morgan fingerprint density at radius 3 is 1.48 bits per heavy atom. The second-order valence-electron chi connectivity index (χ2n) is 8.16. The number of benzene rings is 4. The molecular formula is C29H27N3O. The van der Waals surface area contributed by atoms with E-state index in [4.69, 9.17) is 0 Å². The van der Waals surface area contributed by atoms with Crippen LogP contribution >= 0.6 is 0 Å². The molecule has 0 saturated carbocycles. The van der Waals surface area contributed by atoms with E-state index in [1.807, 2.05) is 31.2 Å². The molecule has 0 heterocycles. The minimum atomic E-state index is -0.229. The summed E-state index contributed by atoms with van der Waals surface area (Å²) < 4.78 is 0. The molecule has 4 heteroatoms. The summed E-state index contributed by atoms with van der Waals surface area (Å²) in [5.74, 6) is -0.229. The average Bonchev–Trinajstić information content (AvgIpc) is 2.83. The number of aryl methyl sites for hydroxylation is 3. The zero-order valence-corrected chi connectivity index (χ0v) is 19.1. The molecule has 0 aromatic heterocycles. The van der Waals surface area contributed by atoms with E-state index in [9.17, 15) is 4.79 Å². The highest BCUT2D eigenvalue weighted by atomic mass is 16.2. The number of hydrazone groups is 1. The molecule has 0 aliphatic rings. The van der Waals surface area contributed by atoms with Crippen molar-refractivity contribution in [2.75, 3.05) is 4.90 Å². The number of nitrogens with one attached hydrogen (secondary N) is 1. The van der Waals surface area contributed by atoms with Crippen molar-refractivity contribution in [2.24, 2.45) is 5.10 Å². The fourth-order valence-electron chi connectivity index (χ4n) is 3.48. The van der Waals surface area contributed by atoms with Crippen LogP contribution in [-0.2, 0) is 0 Å². The van der Waals surface area contributed by atoms with Gasteiger partial charge in [-0.05, 0) is 74.9 Å². The minimum absolute atomic E-state index is 0.229. The molecule has 164 valence electrons. The van der Waals surface area contributed by atoms with Gasteiger partial charge in [-0.3, -0.25) is 4.79 Å². The summed E-state index contributed by atoms with van der Waals surface area (Å²) in [5.41, 5.74) is 10.9. The molecule has 0 aliphatic carbocycles. The quantitative estimate of drug-likeness (QED) is 0.267. The van der Waals surface area contributed by atoms with E-state index in [0.717, 1.165) is 28.2 Å².